The second kappa shape index (κ2) is 14.7. The highest BCUT2D eigenvalue weighted by atomic mass is 15.1. The van der Waals surface area contributed by atoms with Gasteiger partial charge in [-0.15, -0.1) is 0 Å². The third-order valence-corrected chi connectivity index (χ3v) is 14.3. The Morgan fingerprint density at radius 1 is 0.328 bits per heavy atom. The first-order valence-corrected chi connectivity index (χ1v) is 22.5. The van der Waals surface area contributed by atoms with E-state index in [-0.39, 0.29) is 10.8 Å². The average Bonchev–Trinajstić information content (AvgIpc) is 3.76. The Labute approximate surface area is 376 Å². The number of para-hydroxylation sites is 1. The number of hydrogen-bond acceptors (Lipinski definition) is 1. The Morgan fingerprint density at radius 2 is 0.844 bits per heavy atom. The van der Waals surface area contributed by atoms with E-state index < -0.39 is 0 Å². The molecular formula is C63H47N. The van der Waals surface area contributed by atoms with Crippen molar-refractivity contribution in [2.75, 3.05) is 4.90 Å². The molecule has 0 heterocycles. The first-order valence-electron chi connectivity index (χ1n) is 22.5. The van der Waals surface area contributed by atoms with E-state index in [9.17, 15) is 0 Å². The van der Waals surface area contributed by atoms with Crippen molar-refractivity contribution in [3.8, 4) is 55.6 Å². The molecule has 10 aromatic rings. The molecule has 1 nitrogen and oxygen atoms in total. The first-order chi connectivity index (χ1) is 31.4. The Balaban J connectivity index is 1.07. The molecule has 304 valence electrons. The topological polar surface area (TPSA) is 3.24 Å². The summed E-state index contributed by atoms with van der Waals surface area (Å²) in [6, 6.07) is 85.5. The summed E-state index contributed by atoms with van der Waals surface area (Å²) < 4.78 is 0. The highest BCUT2D eigenvalue weighted by Crippen LogP contribution is 2.55. The van der Waals surface area contributed by atoms with Crippen molar-refractivity contribution in [1.29, 1.82) is 0 Å². The molecule has 0 fully saturated rings. The molecule has 64 heavy (non-hydrogen) atoms. The molecule has 0 radical (unpaired) electrons. The van der Waals surface area contributed by atoms with Crippen LogP contribution >= 0.6 is 0 Å². The van der Waals surface area contributed by atoms with Gasteiger partial charge in [-0.05, 0) is 126 Å². The fourth-order valence-corrected chi connectivity index (χ4v) is 11.3. The monoisotopic (exact) mass is 817 g/mol. The summed E-state index contributed by atoms with van der Waals surface area (Å²) in [6.07, 6.45) is 0. The summed E-state index contributed by atoms with van der Waals surface area (Å²) in [5, 5.41) is 2.47. The lowest BCUT2D eigenvalue weighted by Gasteiger charge is -2.32. The number of benzene rings is 10. The maximum absolute atomic E-state index is 2.49. The van der Waals surface area contributed by atoms with Crippen LogP contribution in [0.25, 0.3) is 66.4 Å². The SMILES string of the molecule is CC1(C)c2ccccc2-c2cccc(-c3ccc(N(c4ccc5c(c4)C(C)(c4ccccc4)c4ccccc4-5)c4ccccc4-c4cccc5cccc(-c6ccccc6)c45)cc3)c21. The summed E-state index contributed by atoms with van der Waals surface area (Å²) in [5.41, 5.74) is 22.2. The molecular weight excluding hydrogens is 771 g/mol. The number of hydrogen-bond donors (Lipinski definition) is 0. The molecule has 0 bridgehead atoms. The van der Waals surface area contributed by atoms with Gasteiger partial charge in [-0.1, -0.05) is 214 Å². The molecule has 12 rings (SSSR count). The predicted molar refractivity (Wildman–Crippen MR) is 270 cm³/mol. The summed E-state index contributed by atoms with van der Waals surface area (Å²) in [7, 11) is 0. The van der Waals surface area contributed by atoms with Crippen LogP contribution in [0.4, 0.5) is 17.1 Å². The van der Waals surface area contributed by atoms with E-state index in [0.29, 0.717) is 0 Å². The number of nitrogens with zero attached hydrogens (tertiary/aromatic N) is 1. The molecule has 10 aromatic carbocycles. The van der Waals surface area contributed by atoms with E-state index in [1.165, 1.54) is 94.2 Å². The van der Waals surface area contributed by atoms with Crippen LogP contribution < -0.4 is 4.90 Å². The summed E-state index contributed by atoms with van der Waals surface area (Å²) in [4.78, 5) is 2.49. The van der Waals surface area contributed by atoms with Gasteiger partial charge in [-0.3, -0.25) is 0 Å². The molecule has 2 aliphatic rings. The van der Waals surface area contributed by atoms with Gasteiger partial charge >= 0.3 is 0 Å². The number of anilines is 3. The minimum Gasteiger partial charge on any atom is -0.310 e. The van der Waals surface area contributed by atoms with Crippen molar-refractivity contribution in [3.05, 3.63) is 258 Å². The van der Waals surface area contributed by atoms with E-state index >= 15 is 0 Å². The highest BCUT2D eigenvalue weighted by molar-refractivity contribution is 6.09. The predicted octanol–water partition coefficient (Wildman–Crippen LogP) is 17.0. The standard InChI is InChI=1S/C63H47N/c1-62(2)56-32-13-10-26-51(56)55-31-18-29-49(61(55)62)43-35-37-46(38-36-43)64(47-39-40-52-50-25-11-14-33-57(50)63(3,58(52)41-47)45-23-8-5-9-24-45)59-34-15-12-27-53(59)54-30-17-22-44-21-16-28-48(60(44)54)42-19-6-4-7-20-42/h4-41H,1-3H3. The van der Waals surface area contributed by atoms with Crippen LogP contribution in [0.3, 0.4) is 0 Å². The van der Waals surface area contributed by atoms with Gasteiger partial charge in [0.05, 0.1) is 5.69 Å². The summed E-state index contributed by atoms with van der Waals surface area (Å²) in [6.45, 7) is 7.16. The van der Waals surface area contributed by atoms with E-state index in [2.05, 4.69) is 256 Å². The van der Waals surface area contributed by atoms with E-state index in [1.54, 1.807) is 0 Å². The lowest BCUT2D eigenvalue weighted by molar-refractivity contribution is 0.662. The van der Waals surface area contributed by atoms with Crippen LogP contribution in [0.2, 0.25) is 0 Å². The van der Waals surface area contributed by atoms with Crippen LogP contribution in [0.5, 0.6) is 0 Å². The van der Waals surface area contributed by atoms with Gasteiger partial charge in [0.25, 0.3) is 0 Å². The third kappa shape index (κ3) is 5.70. The maximum Gasteiger partial charge on any atom is 0.0540 e. The van der Waals surface area contributed by atoms with Gasteiger partial charge in [0.2, 0.25) is 0 Å². The van der Waals surface area contributed by atoms with Gasteiger partial charge in [0.1, 0.15) is 0 Å². The molecule has 1 unspecified atom stereocenters. The van der Waals surface area contributed by atoms with Gasteiger partial charge < -0.3 is 4.90 Å². The lowest BCUT2D eigenvalue weighted by atomic mass is 9.74. The summed E-state index contributed by atoms with van der Waals surface area (Å²) >= 11 is 0. The van der Waals surface area contributed by atoms with Gasteiger partial charge in [0.15, 0.2) is 0 Å². The molecule has 0 amide bonds. The maximum atomic E-state index is 2.49. The van der Waals surface area contributed by atoms with Crippen LogP contribution in [-0.2, 0) is 10.8 Å². The molecule has 0 saturated heterocycles. The van der Waals surface area contributed by atoms with Gasteiger partial charge in [0, 0.05) is 27.8 Å². The highest BCUT2D eigenvalue weighted by Gasteiger charge is 2.41. The molecule has 0 aromatic heterocycles. The van der Waals surface area contributed by atoms with E-state index in [1.807, 2.05) is 0 Å². The Bertz CT molecular complexity index is 3410. The molecule has 1 heteroatoms. The second-order valence-corrected chi connectivity index (χ2v) is 18.1. The van der Waals surface area contributed by atoms with Crippen molar-refractivity contribution in [1.82, 2.24) is 0 Å². The van der Waals surface area contributed by atoms with Gasteiger partial charge in [-0.2, -0.15) is 0 Å². The fraction of sp³-hybridized carbons (Fsp3) is 0.0794. The molecule has 0 aliphatic heterocycles. The van der Waals surface area contributed by atoms with Crippen molar-refractivity contribution in [3.63, 3.8) is 0 Å². The molecule has 2 aliphatic carbocycles. The normalized spacial score (nSPS) is 15.3. The van der Waals surface area contributed by atoms with Crippen molar-refractivity contribution >= 4 is 27.8 Å². The first kappa shape index (κ1) is 38.0. The van der Waals surface area contributed by atoms with Crippen molar-refractivity contribution in [2.24, 2.45) is 0 Å². The average molecular weight is 818 g/mol. The third-order valence-electron chi connectivity index (χ3n) is 14.3. The zero-order chi connectivity index (χ0) is 43.0. The lowest BCUT2D eigenvalue weighted by Crippen LogP contribution is -2.22. The largest absolute Gasteiger partial charge is 0.310 e. The minimum atomic E-state index is -0.337. The van der Waals surface area contributed by atoms with Crippen molar-refractivity contribution < 1.29 is 0 Å². The molecule has 1 atom stereocenters. The number of rotatable bonds is 7. The Kier molecular flexibility index (Phi) is 8.71. The van der Waals surface area contributed by atoms with E-state index in [4.69, 9.17) is 0 Å². The molecule has 0 N–H and O–H groups in total. The molecule has 0 saturated carbocycles. The summed E-state index contributed by atoms with van der Waals surface area (Å²) in [5.74, 6) is 0. The van der Waals surface area contributed by atoms with Crippen LogP contribution in [0.15, 0.2) is 231 Å². The van der Waals surface area contributed by atoms with Crippen LogP contribution in [0, 0.1) is 0 Å². The zero-order valence-electron chi connectivity index (χ0n) is 36.4. The zero-order valence-corrected chi connectivity index (χ0v) is 36.4. The number of fused-ring (bicyclic) bond motifs is 7. The van der Waals surface area contributed by atoms with Crippen LogP contribution in [-0.4, -0.2) is 0 Å². The van der Waals surface area contributed by atoms with Crippen LogP contribution in [0.1, 0.15) is 48.6 Å². The van der Waals surface area contributed by atoms with Crippen molar-refractivity contribution in [2.45, 2.75) is 31.6 Å². The second-order valence-electron chi connectivity index (χ2n) is 18.1. The van der Waals surface area contributed by atoms with E-state index in [0.717, 1.165) is 17.1 Å². The smallest absolute Gasteiger partial charge is 0.0540 e. The Hall–Kier alpha value is -7.74. The molecule has 0 spiro atoms. The Morgan fingerprint density at radius 3 is 1.59 bits per heavy atom. The van der Waals surface area contributed by atoms with Gasteiger partial charge in [-0.25, -0.2) is 0 Å². The minimum absolute atomic E-state index is 0.114. The fourth-order valence-electron chi connectivity index (χ4n) is 11.3. The quantitative estimate of drug-likeness (QED) is 0.155.